The third kappa shape index (κ3) is 4.27. The molecule has 0 saturated heterocycles. The fourth-order valence-corrected chi connectivity index (χ4v) is 1.60. The van der Waals surface area contributed by atoms with Crippen LogP contribution in [0.3, 0.4) is 0 Å². The molecule has 0 aliphatic rings. The first kappa shape index (κ1) is 16.1. The first-order valence-corrected chi connectivity index (χ1v) is 5.73. The van der Waals surface area contributed by atoms with Crippen LogP contribution in [0.4, 0.5) is 5.69 Å². The molecule has 0 fully saturated rings. The Morgan fingerprint density at radius 1 is 1.33 bits per heavy atom. The molecule has 1 rings (SSSR count). The predicted molar refractivity (Wildman–Crippen MR) is 69.0 cm³/mol. The fraction of sp³-hybridized carbons (Fsp3) is 0.250. The van der Waals surface area contributed by atoms with Gasteiger partial charge in [-0.1, -0.05) is 6.07 Å². The number of nitro benzene ring substituents is 1. The van der Waals surface area contributed by atoms with Gasteiger partial charge in [0.05, 0.1) is 11.3 Å². The Bertz CT molecular complexity index is 612. The van der Waals surface area contributed by atoms with Gasteiger partial charge in [-0.25, -0.2) is 4.79 Å². The van der Waals surface area contributed by atoms with Gasteiger partial charge in [0.2, 0.25) is 0 Å². The number of carbonyl (C=O) groups is 3. The largest absolute Gasteiger partial charge is 0.481 e. The second-order valence-corrected chi connectivity index (χ2v) is 4.24. The summed E-state index contributed by atoms with van der Waals surface area (Å²) in [5.41, 5.74) is -0.245. The summed E-state index contributed by atoms with van der Waals surface area (Å²) in [6.45, 7) is 1.60. The molecule has 1 amide bonds. The van der Waals surface area contributed by atoms with Crippen molar-refractivity contribution in [2.45, 2.75) is 19.4 Å². The molecule has 0 aliphatic carbocycles. The summed E-state index contributed by atoms with van der Waals surface area (Å²) in [5.74, 6) is -3.97. The quantitative estimate of drug-likeness (QED) is 0.513. The van der Waals surface area contributed by atoms with E-state index in [9.17, 15) is 24.5 Å². The standard InChI is InChI=1S/C12H12N2O7/c1-6-2-3-9(14(20)21)7(4-6)11(17)13-8(12(18)19)5-10(15)16/h2-4,8H,5H2,1H3,(H,13,17)(H,15,16)(H,18,19)/t8-/m1/s1. The van der Waals surface area contributed by atoms with E-state index in [0.29, 0.717) is 5.56 Å². The van der Waals surface area contributed by atoms with Crippen molar-refractivity contribution >= 4 is 23.5 Å². The molecule has 3 N–H and O–H groups in total. The maximum Gasteiger partial charge on any atom is 0.326 e. The summed E-state index contributed by atoms with van der Waals surface area (Å²) >= 11 is 0. The average molecular weight is 296 g/mol. The van der Waals surface area contributed by atoms with Crippen molar-refractivity contribution in [3.8, 4) is 0 Å². The van der Waals surface area contributed by atoms with Crippen molar-refractivity contribution in [1.82, 2.24) is 5.32 Å². The van der Waals surface area contributed by atoms with Crippen LogP contribution in [0.1, 0.15) is 22.3 Å². The van der Waals surface area contributed by atoms with E-state index in [-0.39, 0.29) is 5.56 Å². The molecule has 1 aromatic rings. The smallest absolute Gasteiger partial charge is 0.326 e. The third-order valence-electron chi connectivity index (χ3n) is 2.58. The molecule has 9 heteroatoms. The van der Waals surface area contributed by atoms with Gasteiger partial charge in [-0.15, -0.1) is 0 Å². The highest BCUT2D eigenvalue weighted by Gasteiger charge is 2.27. The molecule has 1 aromatic carbocycles. The van der Waals surface area contributed by atoms with Crippen LogP contribution in [-0.4, -0.2) is 39.0 Å². The zero-order chi connectivity index (χ0) is 16.2. The predicted octanol–water partition coefficient (Wildman–Crippen LogP) is 0.561. The Kier molecular flexibility index (Phi) is 4.95. The summed E-state index contributed by atoms with van der Waals surface area (Å²) in [4.78, 5) is 43.4. The van der Waals surface area contributed by atoms with Crippen molar-refractivity contribution in [2.24, 2.45) is 0 Å². The van der Waals surface area contributed by atoms with Crippen LogP contribution < -0.4 is 5.32 Å². The summed E-state index contributed by atoms with van der Waals surface area (Å²) in [5, 5.41) is 30.2. The monoisotopic (exact) mass is 296 g/mol. The van der Waals surface area contributed by atoms with E-state index in [0.717, 1.165) is 6.07 Å². The van der Waals surface area contributed by atoms with E-state index >= 15 is 0 Å². The number of hydrogen-bond acceptors (Lipinski definition) is 5. The van der Waals surface area contributed by atoms with Gasteiger partial charge in [0.1, 0.15) is 11.6 Å². The minimum atomic E-state index is -1.67. The first-order chi connectivity index (χ1) is 9.72. The van der Waals surface area contributed by atoms with Crippen LogP contribution in [0.5, 0.6) is 0 Å². The molecule has 112 valence electrons. The van der Waals surface area contributed by atoms with Gasteiger partial charge in [-0.2, -0.15) is 0 Å². The van der Waals surface area contributed by atoms with Crippen LogP contribution in [0.2, 0.25) is 0 Å². The van der Waals surface area contributed by atoms with E-state index in [1.165, 1.54) is 12.1 Å². The number of benzene rings is 1. The number of aryl methyl sites for hydroxylation is 1. The SMILES string of the molecule is Cc1ccc([N+](=O)[O-])c(C(=O)N[C@H](CC(=O)O)C(=O)O)c1. The molecular formula is C12H12N2O7. The number of carbonyl (C=O) groups excluding carboxylic acids is 1. The molecule has 0 aliphatic heterocycles. The van der Waals surface area contributed by atoms with E-state index in [2.05, 4.69) is 0 Å². The third-order valence-corrected chi connectivity index (χ3v) is 2.58. The number of nitrogens with one attached hydrogen (secondary N) is 1. The normalized spacial score (nSPS) is 11.5. The topological polar surface area (TPSA) is 147 Å². The molecule has 21 heavy (non-hydrogen) atoms. The van der Waals surface area contributed by atoms with Crippen molar-refractivity contribution in [2.75, 3.05) is 0 Å². The van der Waals surface area contributed by atoms with Crippen LogP contribution >= 0.6 is 0 Å². The second kappa shape index (κ2) is 6.46. The van der Waals surface area contributed by atoms with Gasteiger partial charge < -0.3 is 15.5 Å². The molecule has 0 unspecified atom stereocenters. The van der Waals surface area contributed by atoms with Crippen molar-refractivity contribution in [3.05, 3.63) is 39.4 Å². The van der Waals surface area contributed by atoms with E-state index < -0.39 is 40.9 Å². The highest BCUT2D eigenvalue weighted by Crippen LogP contribution is 2.20. The zero-order valence-electron chi connectivity index (χ0n) is 10.9. The molecule has 0 bridgehead atoms. The minimum absolute atomic E-state index is 0.323. The number of aliphatic carboxylic acids is 2. The number of amides is 1. The maximum absolute atomic E-state index is 11.9. The Morgan fingerprint density at radius 3 is 2.43 bits per heavy atom. The van der Waals surface area contributed by atoms with Gasteiger partial charge in [0.25, 0.3) is 11.6 Å². The van der Waals surface area contributed by atoms with E-state index in [4.69, 9.17) is 10.2 Å². The van der Waals surface area contributed by atoms with Crippen molar-refractivity contribution < 1.29 is 29.5 Å². The van der Waals surface area contributed by atoms with Crippen molar-refractivity contribution in [3.63, 3.8) is 0 Å². The number of rotatable bonds is 6. The molecular weight excluding hydrogens is 284 g/mol. The number of hydrogen-bond donors (Lipinski definition) is 3. The molecule has 0 radical (unpaired) electrons. The summed E-state index contributed by atoms with van der Waals surface area (Å²) in [6.07, 6.45) is -0.833. The highest BCUT2D eigenvalue weighted by atomic mass is 16.6. The van der Waals surface area contributed by atoms with Crippen LogP contribution in [0.15, 0.2) is 18.2 Å². The minimum Gasteiger partial charge on any atom is -0.481 e. The van der Waals surface area contributed by atoms with Crippen LogP contribution in [0, 0.1) is 17.0 Å². The Labute approximate surface area is 118 Å². The molecule has 9 nitrogen and oxygen atoms in total. The molecule has 0 saturated carbocycles. The van der Waals surface area contributed by atoms with Crippen LogP contribution in [0.25, 0.3) is 0 Å². The van der Waals surface area contributed by atoms with Gasteiger partial charge in [-0.05, 0) is 18.6 Å². The molecule has 0 heterocycles. The van der Waals surface area contributed by atoms with Gasteiger partial charge in [-0.3, -0.25) is 19.7 Å². The lowest BCUT2D eigenvalue weighted by Crippen LogP contribution is -2.42. The second-order valence-electron chi connectivity index (χ2n) is 4.24. The Morgan fingerprint density at radius 2 is 1.95 bits per heavy atom. The molecule has 1 atom stereocenters. The number of carboxylic acid groups (broad SMARTS) is 2. The lowest BCUT2D eigenvalue weighted by Gasteiger charge is -2.12. The fourth-order valence-electron chi connectivity index (χ4n) is 1.60. The van der Waals surface area contributed by atoms with E-state index in [1.807, 2.05) is 5.32 Å². The lowest BCUT2D eigenvalue weighted by atomic mass is 10.1. The van der Waals surface area contributed by atoms with Gasteiger partial charge in [0, 0.05) is 6.07 Å². The Balaban J connectivity index is 3.07. The molecule has 0 spiro atoms. The summed E-state index contributed by atoms with van der Waals surface area (Å²) in [6, 6.07) is 2.11. The van der Waals surface area contributed by atoms with Gasteiger partial charge >= 0.3 is 11.9 Å². The highest BCUT2D eigenvalue weighted by molar-refractivity contribution is 6.00. The lowest BCUT2D eigenvalue weighted by molar-refractivity contribution is -0.385. The summed E-state index contributed by atoms with van der Waals surface area (Å²) in [7, 11) is 0. The first-order valence-electron chi connectivity index (χ1n) is 5.73. The zero-order valence-corrected chi connectivity index (χ0v) is 10.9. The van der Waals surface area contributed by atoms with Crippen molar-refractivity contribution in [1.29, 1.82) is 0 Å². The Hall–Kier alpha value is -2.97. The number of nitro groups is 1. The van der Waals surface area contributed by atoms with Gasteiger partial charge in [0.15, 0.2) is 0 Å². The maximum atomic E-state index is 11.9. The number of carboxylic acids is 2. The number of nitrogens with zero attached hydrogens (tertiary/aromatic N) is 1. The van der Waals surface area contributed by atoms with E-state index in [1.54, 1.807) is 6.92 Å². The average Bonchev–Trinajstić information content (AvgIpc) is 2.36. The molecule has 0 aromatic heterocycles. The van der Waals surface area contributed by atoms with Crippen LogP contribution in [-0.2, 0) is 9.59 Å². The summed E-state index contributed by atoms with van der Waals surface area (Å²) < 4.78 is 0.